The monoisotopic (exact) mass is 210 g/mol. The number of fused-ring (bicyclic) bond motifs is 1. The van der Waals surface area contributed by atoms with Crippen LogP contribution in [0, 0.1) is 11.8 Å². The molecule has 2 unspecified atom stereocenters. The molecular weight excluding hydrogens is 192 g/mol. The van der Waals surface area contributed by atoms with E-state index in [4.69, 9.17) is 0 Å². The Labute approximate surface area is 97.3 Å². The predicted octanol–water partition coefficient (Wildman–Crippen LogP) is 4.60. The number of hydrogen-bond acceptors (Lipinski definition) is 0. The second-order valence-corrected chi connectivity index (χ2v) is 5.32. The van der Waals surface area contributed by atoms with E-state index < -0.39 is 0 Å². The van der Waals surface area contributed by atoms with E-state index in [-0.39, 0.29) is 0 Å². The molecule has 0 bridgehead atoms. The summed E-state index contributed by atoms with van der Waals surface area (Å²) in [6, 6.07) is 15.5. The molecule has 2 atom stereocenters. The van der Waals surface area contributed by atoms with E-state index in [9.17, 15) is 0 Å². The minimum Gasteiger partial charge on any atom is -0.0625 e. The zero-order valence-electron chi connectivity index (χ0n) is 9.98. The zero-order chi connectivity index (χ0) is 11.1. The van der Waals surface area contributed by atoms with E-state index in [1.165, 1.54) is 17.2 Å². The lowest BCUT2D eigenvalue weighted by atomic mass is 9.97. The van der Waals surface area contributed by atoms with E-state index in [2.05, 4.69) is 56.3 Å². The Kier molecular flexibility index (Phi) is 2.24. The Hall–Kier alpha value is -1.30. The first kappa shape index (κ1) is 9.89. The van der Waals surface area contributed by atoms with Gasteiger partial charge in [-0.3, -0.25) is 0 Å². The maximum Gasteiger partial charge on any atom is -0.0122 e. The molecular formula is C16H18. The normalized spacial score (nSPS) is 23.9. The van der Waals surface area contributed by atoms with Crippen molar-refractivity contribution < 1.29 is 0 Å². The second-order valence-electron chi connectivity index (χ2n) is 5.32. The summed E-state index contributed by atoms with van der Waals surface area (Å²) in [6.07, 6.45) is 1.38. The molecule has 0 heteroatoms. The minimum atomic E-state index is 0.811. The van der Waals surface area contributed by atoms with Crippen molar-refractivity contribution in [2.45, 2.75) is 26.2 Å². The van der Waals surface area contributed by atoms with Gasteiger partial charge in [0.15, 0.2) is 0 Å². The van der Waals surface area contributed by atoms with Gasteiger partial charge < -0.3 is 0 Å². The number of benzene rings is 2. The highest BCUT2D eigenvalue weighted by Gasteiger charge is 2.40. The van der Waals surface area contributed by atoms with Crippen LogP contribution in [0.3, 0.4) is 0 Å². The van der Waals surface area contributed by atoms with E-state index in [1.54, 1.807) is 5.56 Å². The summed E-state index contributed by atoms with van der Waals surface area (Å²) in [6.45, 7) is 4.69. The van der Waals surface area contributed by atoms with Crippen LogP contribution in [0.4, 0.5) is 0 Å². The van der Waals surface area contributed by atoms with Gasteiger partial charge in [-0.05, 0) is 40.5 Å². The van der Waals surface area contributed by atoms with Gasteiger partial charge in [-0.15, -0.1) is 0 Å². The van der Waals surface area contributed by atoms with Crippen LogP contribution in [0.2, 0.25) is 0 Å². The Bertz CT molecular complexity index is 505. The van der Waals surface area contributed by atoms with Crippen molar-refractivity contribution in [1.29, 1.82) is 0 Å². The number of rotatable bonds is 2. The van der Waals surface area contributed by atoms with Crippen molar-refractivity contribution in [3.63, 3.8) is 0 Å². The van der Waals surface area contributed by atoms with Crippen LogP contribution < -0.4 is 0 Å². The van der Waals surface area contributed by atoms with Crippen LogP contribution in [-0.2, 0) is 0 Å². The van der Waals surface area contributed by atoms with E-state index in [1.807, 2.05) is 0 Å². The summed E-state index contributed by atoms with van der Waals surface area (Å²) >= 11 is 0. The summed E-state index contributed by atoms with van der Waals surface area (Å²) in [5.41, 5.74) is 1.57. The summed E-state index contributed by atoms with van der Waals surface area (Å²) in [7, 11) is 0. The highest BCUT2D eigenvalue weighted by Crippen LogP contribution is 2.53. The van der Waals surface area contributed by atoms with Crippen LogP contribution in [0.1, 0.15) is 31.7 Å². The van der Waals surface area contributed by atoms with Crippen molar-refractivity contribution in [2.24, 2.45) is 11.8 Å². The van der Waals surface area contributed by atoms with Crippen molar-refractivity contribution >= 4 is 10.8 Å². The molecule has 1 aliphatic rings. The molecule has 2 aromatic rings. The largest absolute Gasteiger partial charge is 0.0625 e. The third-order valence-corrected chi connectivity index (χ3v) is 3.92. The maximum atomic E-state index is 2.34. The van der Waals surface area contributed by atoms with Crippen molar-refractivity contribution in [2.75, 3.05) is 0 Å². The fraction of sp³-hybridized carbons (Fsp3) is 0.375. The lowest BCUT2D eigenvalue weighted by Crippen LogP contribution is -1.93. The molecule has 0 radical (unpaired) electrons. The quantitative estimate of drug-likeness (QED) is 0.679. The van der Waals surface area contributed by atoms with Gasteiger partial charge in [0, 0.05) is 0 Å². The summed E-state index contributed by atoms with van der Waals surface area (Å²) < 4.78 is 0. The molecule has 2 aromatic carbocycles. The van der Waals surface area contributed by atoms with Crippen LogP contribution in [-0.4, -0.2) is 0 Å². The Balaban J connectivity index is 2.05. The fourth-order valence-electron chi connectivity index (χ4n) is 2.88. The Morgan fingerprint density at radius 1 is 1.00 bits per heavy atom. The molecule has 0 aromatic heterocycles. The predicted molar refractivity (Wildman–Crippen MR) is 69.6 cm³/mol. The molecule has 1 aliphatic carbocycles. The van der Waals surface area contributed by atoms with Crippen LogP contribution in [0.25, 0.3) is 10.8 Å². The molecule has 0 N–H and O–H groups in total. The molecule has 0 aliphatic heterocycles. The van der Waals surface area contributed by atoms with Gasteiger partial charge in [-0.1, -0.05) is 56.3 Å². The molecule has 0 heterocycles. The zero-order valence-corrected chi connectivity index (χ0v) is 9.98. The highest BCUT2D eigenvalue weighted by atomic mass is 14.4. The first-order valence-corrected chi connectivity index (χ1v) is 6.25. The van der Waals surface area contributed by atoms with Crippen molar-refractivity contribution in [3.8, 4) is 0 Å². The van der Waals surface area contributed by atoms with Gasteiger partial charge >= 0.3 is 0 Å². The maximum absolute atomic E-state index is 2.34. The van der Waals surface area contributed by atoms with E-state index in [0.29, 0.717) is 0 Å². The lowest BCUT2D eigenvalue weighted by Gasteiger charge is -2.07. The Morgan fingerprint density at radius 3 is 2.50 bits per heavy atom. The first-order chi connectivity index (χ1) is 7.77. The lowest BCUT2D eigenvalue weighted by molar-refractivity contribution is 0.549. The first-order valence-electron chi connectivity index (χ1n) is 6.25. The molecule has 16 heavy (non-hydrogen) atoms. The highest BCUT2D eigenvalue weighted by molar-refractivity contribution is 5.86. The molecule has 0 spiro atoms. The van der Waals surface area contributed by atoms with Crippen molar-refractivity contribution in [1.82, 2.24) is 0 Å². The average Bonchev–Trinajstić information content (AvgIpc) is 3.08. The molecule has 1 saturated carbocycles. The topological polar surface area (TPSA) is 0 Å². The molecule has 0 amide bonds. The van der Waals surface area contributed by atoms with Gasteiger partial charge in [0.2, 0.25) is 0 Å². The summed E-state index contributed by atoms with van der Waals surface area (Å²) in [5.74, 6) is 2.54. The molecule has 0 saturated heterocycles. The van der Waals surface area contributed by atoms with Gasteiger partial charge in [-0.25, -0.2) is 0 Å². The minimum absolute atomic E-state index is 0.811. The standard InChI is InChI=1S/C16H18/c1-11(2)15-10-16(15)14-9-5-7-12-6-3-4-8-13(12)14/h3-9,11,15-16H,10H2,1-2H3. The smallest absolute Gasteiger partial charge is 0.0122 e. The SMILES string of the molecule is CC(C)C1CC1c1cccc2ccccc12. The third-order valence-electron chi connectivity index (χ3n) is 3.92. The van der Waals surface area contributed by atoms with Gasteiger partial charge in [0.25, 0.3) is 0 Å². The van der Waals surface area contributed by atoms with Gasteiger partial charge in [0.05, 0.1) is 0 Å². The van der Waals surface area contributed by atoms with Gasteiger partial charge in [0.1, 0.15) is 0 Å². The molecule has 3 rings (SSSR count). The third kappa shape index (κ3) is 1.53. The van der Waals surface area contributed by atoms with Crippen LogP contribution >= 0.6 is 0 Å². The number of hydrogen-bond donors (Lipinski definition) is 0. The molecule has 0 nitrogen and oxygen atoms in total. The van der Waals surface area contributed by atoms with E-state index >= 15 is 0 Å². The van der Waals surface area contributed by atoms with Crippen LogP contribution in [0.5, 0.6) is 0 Å². The molecule has 1 fully saturated rings. The fourth-order valence-corrected chi connectivity index (χ4v) is 2.88. The summed E-state index contributed by atoms with van der Waals surface area (Å²) in [4.78, 5) is 0. The van der Waals surface area contributed by atoms with E-state index in [0.717, 1.165) is 17.8 Å². The Morgan fingerprint density at radius 2 is 1.75 bits per heavy atom. The average molecular weight is 210 g/mol. The molecule has 82 valence electrons. The van der Waals surface area contributed by atoms with Gasteiger partial charge in [-0.2, -0.15) is 0 Å². The second kappa shape index (κ2) is 3.62. The van der Waals surface area contributed by atoms with Crippen molar-refractivity contribution in [3.05, 3.63) is 48.0 Å². The summed E-state index contributed by atoms with van der Waals surface area (Å²) in [5, 5.41) is 2.84. The van der Waals surface area contributed by atoms with Crippen LogP contribution in [0.15, 0.2) is 42.5 Å².